The van der Waals surface area contributed by atoms with Gasteiger partial charge < -0.3 is 0 Å². The van der Waals surface area contributed by atoms with Crippen molar-refractivity contribution in [1.29, 1.82) is 0 Å². The number of halogens is 11. The van der Waals surface area contributed by atoms with Gasteiger partial charge in [-0.15, -0.1) is 9.24 Å². The van der Waals surface area contributed by atoms with Gasteiger partial charge in [0, 0.05) is 5.66 Å². The quantitative estimate of drug-likeness (QED) is 0.402. The van der Waals surface area contributed by atoms with Crippen LogP contribution in [0.2, 0.25) is 0 Å². The highest BCUT2D eigenvalue weighted by Gasteiger charge is 2.90. The second-order valence-electron chi connectivity index (χ2n) is 5.43. The summed E-state index contributed by atoms with van der Waals surface area (Å²) >= 11 is 0. The van der Waals surface area contributed by atoms with Gasteiger partial charge in [-0.3, -0.25) is 0 Å². The Kier molecular flexibility index (Phi) is 6.42. The Labute approximate surface area is 127 Å². The Hall–Kier alpha value is -0.340. The topological polar surface area (TPSA) is 0 Å². The van der Waals surface area contributed by atoms with Crippen LogP contribution in [0.25, 0.3) is 0 Å². The minimum atomic E-state index is -7.37. The SMILES string of the molecule is CC(C)CCC(P)C(F)(F)C(F)(F)C(F)(C(F)(F)F)C(F)(F)F. The monoisotopic (exact) mass is 386 g/mol. The van der Waals surface area contributed by atoms with Gasteiger partial charge in [0.15, 0.2) is 0 Å². The molecule has 2 atom stereocenters. The van der Waals surface area contributed by atoms with E-state index < -0.39 is 41.9 Å². The van der Waals surface area contributed by atoms with Crippen molar-refractivity contribution in [3.63, 3.8) is 0 Å². The van der Waals surface area contributed by atoms with Crippen molar-refractivity contribution in [2.24, 2.45) is 5.92 Å². The number of hydrogen-bond acceptors (Lipinski definition) is 0. The van der Waals surface area contributed by atoms with Gasteiger partial charge >= 0.3 is 29.9 Å². The van der Waals surface area contributed by atoms with E-state index in [1.54, 1.807) is 0 Å². The largest absolute Gasteiger partial charge is 0.438 e. The smallest absolute Gasteiger partial charge is 0.216 e. The van der Waals surface area contributed by atoms with E-state index in [1.807, 2.05) is 0 Å². The molecular formula is C11H14F11P. The van der Waals surface area contributed by atoms with Crippen molar-refractivity contribution in [2.45, 2.75) is 62.2 Å². The Bertz CT molecular complexity index is 382. The molecule has 0 nitrogen and oxygen atoms in total. The molecule has 0 amide bonds. The number of hydrogen-bond donors (Lipinski definition) is 0. The van der Waals surface area contributed by atoms with Crippen LogP contribution < -0.4 is 0 Å². The molecule has 0 saturated carbocycles. The van der Waals surface area contributed by atoms with Gasteiger partial charge in [0.05, 0.1) is 0 Å². The molecule has 0 aromatic rings. The molecular weight excluding hydrogens is 372 g/mol. The van der Waals surface area contributed by atoms with Crippen molar-refractivity contribution < 1.29 is 48.3 Å². The predicted molar refractivity (Wildman–Crippen MR) is 63.4 cm³/mol. The van der Waals surface area contributed by atoms with Crippen LogP contribution in [0.15, 0.2) is 0 Å². The molecule has 0 N–H and O–H groups in total. The summed E-state index contributed by atoms with van der Waals surface area (Å²) in [6, 6.07) is 0. The molecule has 0 fully saturated rings. The molecule has 0 saturated heterocycles. The van der Waals surface area contributed by atoms with Crippen LogP contribution in [0.5, 0.6) is 0 Å². The second-order valence-corrected chi connectivity index (χ2v) is 6.23. The Morgan fingerprint density at radius 3 is 1.30 bits per heavy atom. The summed E-state index contributed by atoms with van der Waals surface area (Å²) < 4.78 is 141. The maximum absolute atomic E-state index is 13.6. The minimum Gasteiger partial charge on any atom is -0.216 e. The van der Waals surface area contributed by atoms with Gasteiger partial charge in [-0.25, -0.2) is 4.39 Å². The Morgan fingerprint density at radius 2 is 1.04 bits per heavy atom. The lowest BCUT2D eigenvalue weighted by Crippen LogP contribution is -2.71. The lowest BCUT2D eigenvalue weighted by Gasteiger charge is -2.41. The molecule has 0 aromatic carbocycles. The molecule has 0 aliphatic carbocycles. The summed E-state index contributed by atoms with van der Waals surface area (Å²) in [5.41, 5.74) is -10.1. The lowest BCUT2D eigenvalue weighted by atomic mass is 9.87. The van der Waals surface area contributed by atoms with Crippen molar-refractivity contribution >= 4 is 9.24 Å². The molecule has 0 bridgehead atoms. The fourth-order valence-electron chi connectivity index (χ4n) is 1.67. The second kappa shape index (κ2) is 6.52. The molecule has 140 valence electrons. The van der Waals surface area contributed by atoms with Crippen LogP contribution in [0, 0.1) is 5.92 Å². The van der Waals surface area contributed by atoms with E-state index in [0.717, 1.165) is 9.24 Å². The highest BCUT2D eigenvalue weighted by atomic mass is 31.0. The molecule has 0 rings (SSSR count). The molecule has 0 aliphatic rings. The van der Waals surface area contributed by atoms with E-state index in [9.17, 15) is 48.3 Å². The van der Waals surface area contributed by atoms with E-state index in [-0.39, 0.29) is 12.3 Å². The van der Waals surface area contributed by atoms with Crippen molar-refractivity contribution in [3.05, 3.63) is 0 Å². The third kappa shape index (κ3) is 3.85. The first-order valence-corrected chi connectivity index (χ1v) is 6.84. The van der Waals surface area contributed by atoms with Crippen LogP contribution in [0.3, 0.4) is 0 Å². The molecule has 2 unspecified atom stereocenters. The Morgan fingerprint density at radius 1 is 0.696 bits per heavy atom. The average Bonchev–Trinajstić information content (AvgIpc) is 2.31. The first-order chi connectivity index (χ1) is 9.84. The fourth-order valence-corrected chi connectivity index (χ4v) is 2.08. The predicted octanol–water partition coefficient (Wildman–Crippen LogP) is 5.77. The van der Waals surface area contributed by atoms with Crippen LogP contribution in [-0.2, 0) is 0 Å². The van der Waals surface area contributed by atoms with Gasteiger partial charge in [-0.1, -0.05) is 20.3 Å². The maximum Gasteiger partial charge on any atom is 0.438 e. The normalized spacial score (nSPS) is 16.8. The maximum atomic E-state index is 13.6. The third-order valence-electron chi connectivity index (χ3n) is 3.15. The molecule has 0 aromatic heterocycles. The van der Waals surface area contributed by atoms with Gasteiger partial charge in [0.25, 0.3) is 0 Å². The van der Waals surface area contributed by atoms with Crippen LogP contribution >= 0.6 is 9.24 Å². The van der Waals surface area contributed by atoms with Gasteiger partial charge in [-0.05, 0) is 12.3 Å². The van der Waals surface area contributed by atoms with Gasteiger partial charge in [-0.2, -0.15) is 43.9 Å². The summed E-state index contributed by atoms with van der Waals surface area (Å²) in [5, 5.41) is 0. The van der Waals surface area contributed by atoms with E-state index >= 15 is 0 Å². The average molecular weight is 386 g/mol. The summed E-state index contributed by atoms with van der Waals surface area (Å²) in [5.74, 6) is -13.3. The molecule has 0 heterocycles. The summed E-state index contributed by atoms with van der Waals surface area (Å²) in [4.78, 5) is 0. The molecule has 0 radical (unpaired) electrons. The summed E-state index contributed by atoms with van der Waals surface area (Å²) in [6.45, 7) is 2.94. The molecule has 12 heteroatoms. The van der Waals surface area contributed by atoms with Crippen molar-refractivity contribution in [1.82, 2.24) is 0 Å². The van der Waals surface area contributed by atoms with Crippen molar-refractivity contribution in [2.75, 3.05) is 0 Å². The van der Waals surface area contributed by atoms with Crippen LogP contribution in [-0.4, -0.2) is 35.5 Å². The third-order valence-corrected chi connectivity index (χ3v) is 3.91. The van der Waals surface area contributed by atoms with E-state index in [2.05, 4.69) is 0 Å². The number of rotatable bonds is 6. The molecule has 0 spiro atoms. The zero-order valence-electron chi connectivity index (χ0n) is 11.8. The number of alkyl halides is 11. The lowest BCUT2D eigenvalue weighted by molar-refractivity contribution is -0.426. The van der Waals surface area contributed by atoms with Crippen molar-refractivity contribution in [3.8, 4) is 0 Å². The van der Waals surface area contributed by atoms with Gasteiger partial charge in [0.1, 0.15) is 0 Å². The van der Waals surface area contributed by atoms with Crippen LogP contribution in [0.1, 0.15) is 26.7 Å². The first kappa shape index (κ1) is 22.7. The van der Waals surface area contributed by atoms with Gasteiger partial charge in [0.2, 0.25) is 0 Å². The zero-order valence-corrected chi connectivity index (χ0v) is 13.0. The molecule has 0 aliphatic heterocycles. The van der Waals surface area contributed by atoms with Crippen LogP contribution in [0.4, 0.5) is 48.3 Å². The Balaban J connectivity index is 5.97. The summed E-state index contributed by atoms with van der Waals surface area (Å²) in [6.07, 6.45) is -15.6. The highest BCUT2D eigenvalue weighted by Crippen LogP contribution is 2.60. The fraction of sp³-hybridized carbons (Fsp3) is 1.00. The summed E-state index contributed by atoms with van der Waals surface area (Å²) in [7, 11) is 1.07. The molecule has 23 heavy (non-hydrogen) atoms. The zero-order chi connectivity index (χ0) is 19.1. The minimum absolute atomic E-state index is 0.183. The van der Waals surface area contributed by atoms with E-state index in [1.165, 1.54) is 13.8 Å². The highest BCUT2D eigenvalue weighted by molar-refractivity contribution is 7.17. The standard InChI is InChI=1S/C11H14F11P/c1-5(2)3-4-6(23)7(12,13)9(15,16)8(14,10(17,18)19)11(20,21)22/h5-6H,3-4,23H2,1-2H3. The van der Waals surface area contributed by atoms with E-state index in [0.29, 0.717) is 0 Å². The van der Waals surface area contributed by atoms with E-state index in [4.69, 9.17) is 0 Å². The first-order valence-electron chi connectivity index (χ1n) is 6.17.